The van der Waals surface area contributed by atoms with E-state index in [1.807, 2.05) is 48.5 Å². The van der Waals surface area contributed by atoms with Gasteiger partial charge in [0.1, 0.15) is 5.69 Å². The average molecular weight is 371 g/mol. The third-order valence-electron chi connectivity index (χ3n) is 4.59. The fourth-order valence-electron chi connectivity index (χ4n) is 3.23. The summed E-state index contributed by atoms with van der Waals surface area (Å²) in [6.45, 7) is 5.70. The second-order valence-corrected chi connectivity index (χ2v) is 7.47. The summed E-state index contributed by atoms with van der Waals surface area (Å²) >= 11 is 1.64. The zero-order valence-corrected chi connectivity index (χ0v) is 15.7. The normalized spacial score (nSPS) is 15.5. The van der Waals surface area contributed by atoms with E-state index in [1.165, 1.54) is 0 Å². The van der Waals surface area contributed by atoms with E-state index >= 15 is 0 Å². The predicted octanol–water partition coefficient (Wildman–Crippen LogP) is 2.40. The molecule has 0 bridgehead atoms. The lowest BCUT2D eigenvalue weighted by Crippen LogP contribution is -2.48. The molecule has 0 saturated carbocycles. The van der Waals surface area contributed by atoms with Crippen LogP contribution in [0.15, 0.2) is 34.2 Å². The minimum absolute atomic E-state index is 0.0502. The molecule has 0 atom stereocenters. The van der Waals surface area contributed by atoms with Gasteiger partial charge in [0.15, 0.2) is 5.76 Å². The minimum Gasteiger partial charge on any atom is -0.355 e. The van der Waals surface area contributed by atoms with E-state index in [1.54, 1.807) is 16.0 Å². The molecule has 3 aromatic rings. The highest BCUT2D eigenvalue weighted by Gasteiger charge is 2.25. The zero-order chi connectivity index (χ0) is 18.1. The SMILES string of the molecule is Cc1cc(C(=O)N2CCN(Cc3cc(-c4cccs4)on3)CC2)n(C)n1. The van der Waals surface area contributed by atoms with Crippen molar-refractivity contribution in [2.24, 2.45) is 7.05 Å². The van der Waals surface area contributed by atoms with Crippen LogP contribution in [-0.4, -0.2) is 56.8 Å². The van der Waals surface area contributed by atoms with E-state index in [0.29, 0.717) is 18.8 Å². The van der Waals surface area contributed by atoms with Gasteiger partial charge in [-0.3, -0.25) is 14.4 Å². The molecule has 1 amide bonds. The van der Waals surface area contributed by atoms with Gasteiger partial charge in [-0.15, -0.1) is 11.3 Å². The smallest absolute Gasteiger partial charge is 0.272 e. The van der Waals surface area contributed by atoms with Crippen LogP contribution in [0.4, 0.5) is 0 Å². The second-order valence-electron chi connectivity index (χ2n) is 6.52. The van der Waals surface area contributed by atoms with Crippen LogP contribution in [0.3, 0.4) is 0 Å². The van der Waals surface area contributed by atoms with Crippen LogP contribution in [0, 0.1) is 6.92 Å². The Balaban J connectivity index is 1.34. The Bertz CT molecular complexity index is 891. The summed E-state index contributed by atoms with van der Waals surface area (Å²) in [5.41, 5.74) is 2.44. The van der Waals surface area contributed by atoms with E-state index in [-0.39, 0.29) is 5.91 Å². The maximum atomic E-state index is 12.7. The Kier molecular flexibility index (Phi) is 4.60. The van der Waals surface area contributed by atoms with Crippen LogP contribution < -0.4 is 0 Å². The molecular formula is C18H21N5O2S. The van der Waals surface area contributed by atoms with Gasteiger partial charge in [0.25, 0.3) is 5.91 Å². The van der Waals surface area contributed by atoms with Crippen LogP contribution in [0.1, 0.15) is 21.9 Å². The van der Waals surface area contributed by atoms with Crippen LogP contribution in [-0.2, 0) is 13.6 Å². The molecule has 0 aromatic carbocycles. The van der Waals surface area contributed by atoms with Gasteiger partial charge < -0.3 is 9.42 Å². The number of hydrogen-bond donors (Lipinski definition) is 0. The van der Waals surface area contributed by atoms with Gasteiger partial charge >= 0.3 is 0 Å². The monoisotopic (exact) mass is 371 g/mol. The van der Waals surface area contributed by atoms with E-state index in [2.05, 4.69) is 15.2 Å². The molecule has 136 valence electrons. The molecule has 8 heteroatoms. The molecule has 7 nitrogen and oxygen atoms in total. The summed E-state index contributed by atoms with van der Waals surface area (Å²) in [6.07, 6.45) is 0. The molecule has 4 rings (SSSR count). The number of nitrogens with zero attached hydrogens (tertiary/aromatic N) is 5. The number of aromatic nitrogens is 3. The summed E-state index contributed by atoms with van der Waals surface area (Å²) in [5, 5.41) is 10.5. The quantitative estimate of drug-likeness (QED) is 0.704. The number of hydrogen-bond acceptors (Lipinski definition) is 6. The number of carbonyl (C=O) groups is 1. The van der Waals surface area contributed by atoms with Crippen LogP contribution in [0.5, 0.6) is 0 Å². The molecule has 1 aliphatic heterocycles. The summed E-state index contributed by atoms with van der Waals surface area (Å²) in [5.74, 6) is 0.865. The molecule has 26 heavy (non-hydrogen) atoms. The van der Waals surface area contributed by atoms with Crippen LogP contribution >= 0.6 is 11.3 Å². The molecule has 0 radical (unpaired) electrons. The van der Waals surface area contributed by atoms with Crippen molar-refractivity contribution in [2.45, 2.75) is 13.5 Å². The second kappa shape index (κ2) is 7.05. The van der Waals surface area contributed by atoms with Gasteiger partial charge in [-0.2, -0.15) is 5.10 Å². The summed E-state index contributed by atoms with van der Waals surface area (Å²) < 4.78 is 7.10. The van der Waals surface area contributed by atoms with Crippen molar-refractivity contribution in [2.75, 3.05) is 26.2 Å². The van der Waals surface area contributed by atoms with Crippen molar-refractivity contribution >= 4 is 17.2 Å². The molecule has 1 aliphatic rings. The molecular weight excluding hydrogens is 350 g/mol. The first-order valence-electron chi connectivity index (χ1n) is 8.62. The summed E-state index contributed by atoms with van der Waals surface area (Å²) in [4.78, 5) is 17.9. The molecule has 0 spiro atoms. The number of piperazine rings is 1. The van der Waals surface area contributed by atoms with Gasteiger partial charge in [0.05, 0.1) is 16.3 Å². The highest BCUT2D eigenvalue weighted by Crippen LogP contribution is 2.25. The number of amides is 1. The first kappa shape index (κ1) is 17.0. The standard InChI is InChI=1S/C18H21N5O2S/c1-13-10-15(21(2)19-13)18(24)23-7-5-22(6-8-23)12-14-11-16(25-20-14)17-4-3-9-26-17/h3-4,9-11H,5-8,12H2,1-2H3. The van der Waals surface area contributed by atoms with E-state index in [4.69, 9.17) is 4.52 Å². The molecule has 3 aromatic heterocycles. The summed E-state index contributed by atoms with van der Waals surface area (Å²) in [7, 11) is 1.81. The van der Waals surface area contributed by atoms with Crippen molar-refractivity contribution < 1.29 is 9.32 Å². The lowest BCUT2D eigenvalue weighted by molar-refractivity contribution is 0.0615. The zero-order valence-electron chi connectivity index (χ0n) is 14.9. The van der Waals surface area contributed by atoms with Gasteiger partial charge in [-0.05, 0) is 24.4 Å². The molecule has 0 unspecified atom stereocenters. The Morgan fingerprint density at radius 3 is 2.73 bits per heavy atom. The third-order valence-corrected chi connectivity index (χ3v) is 5.47. The fourth-order valence-corrected chi connectivity index (χ4v) is 3.91. The number of carbonyl (C=O) groups excluding carboxylic acids is 1. The predicted molar refractivity (Wildman–Crippen MR) is 98.9 cm³/mol. The molecule has 1 saturated heterocycles. The van der Waals surface area contributed by atoms with Gasteiger partial charge in [0.2, 0.25) is 0 Å². The van der Waals surface area contributed by atoms with E-state index < -0.39 is 0 Å². The third kappa shape index (κ3) is 3.42. The van der Waals surface area contributed by atoms with Crippen molar-refractivity contribution in [1.29, 1.82) is 0 Å². The van der Waals surface area contributed by atoms with Crippen LogP contribution in [0.25, 0.3) is 10.6 Å². The molecule has 0 N–H and O–H groups in total. The fraction of sp³-hybridized carbons (Fsp3) is 0.389. The van der Waals surface area contributed by atoms with E-state index in [0.717, 1.165) is 41.7 Å². The maximum Gasteiger partial charge on any atom is 0.272 e. The summed E-state index contributed by atoms with van der Waals surface area (Å²) in [6, 6.07) is 7.87. The number of aryl methyl sites for hydroxylation is 2. The average Bonchev–Trinajstić information content (AvgIpc) is 3.36. The molecule has 1 fully saturated rings. The van der Waals surface area contributed by atoms with Gasteiger partial charge in [0, 0.05) is 45.8 Å². The van der Waals surface area contributed by atoms with Crippen LogP contribution in [0.2, 0.25) is 0 Å². The highest BCUT2D eigenvalue weighted by molar-refractivity contribution is 7.13. The number of rotatable bonds is 4. The lowest BCUT2D eigenvalue weighted by atomic mass is 10.2. The van der Waals surface area contributed by atoms with Crippen molar-refractivity contribution in [1.82, 2.24) is 24.7 Å². The van der Waals surface area contributed by atoms with Crippen molar-refractivity contribution in [3.8, 4) is 10.6 Å². The first-order chi connectivity index (χ1) is 12.6. The van der Waals surface area contributed by atoms with Crippen molar-refractivity contribution in [3.63, 3.8) is 0 Å². The number of thiophene rings is 1. The largest absolute Gasteiger partial charge is 0.355 e. The minimum atomic E-state index is 0.0502. The lowest BCUT2D eigenvalue weighted by Gasteiger charge is -2.34. The molecule has 0 aliphatic carbocycles. The van der Waals surface area contributed by atoms with E-state index in [9.17, 15) is 4.79 Å². The maximum absolute atomic E-state index is 12.7. The topological polar surface area (TPSA) is 67.4 Å². The van der Waals surface area contributed by atoms with Crippen molar-refractivity contribution in [3.05, 3.63) is 46.7 Å². The Morgan fingerprint density at radius 2 is 2.08 bits per heavy atom. The van der Waals surface area contributed by atoms with Gasteiger partial charge in [-0.25, -0.2) is 0 Å². The Morgan fingerprint density at radius 1 is 1.27 bits per heavy atom. The molecule has 4 heterocycles. The Labute approximate surface area is 155 Å². The first-order valence-corrected chi connectivity index (χ1v) is 9.50. The van der Waals surface area contributed by atoms with Gasteiger partial charge in [-0.1, -0.05) is 11.2 Å². The highest BCUT2D eigenvalue weighted by atomic mass is 32.1. The Hall–Kier alpha value is -2.45.